The van der Waals surface area contributed by atoms with Crippen LogP contribution in [0, 0.1) is 10.1 Å². The van der Waals surface area contributed by atoms with Crippen molar-refractivity contribution in [1.82, 2.24) is 0 Å². The lowest BCUT2D eigenvalue weighted by molar-refractivity contribution is -0.384. The molecule has 0 saturated heterocycles. The van der Waals surface area contributed by atoms with Gasteiger partial charge in [0.05, 0.1) is 34.9 Å². The van der Waals surface area contributed by atoms with Crippen molar-refractivity contribution in [2.45, 2.75) is 12.4 Å². The van der Waals surface area contributed by atoms with E-state index in [1.807, 2.05) is 0 Å². The Kier molecular flexibility index (Phi) is 5.52. The van der Waals surface area contributed by atoms with Gasteiger partial charge in [0.25, 0.3) is 11.6 Å². The van der Waals surface area contributed by atoms with Crippen molar-refractivity contribution >= 4 is 17.3 Å². The van der Waals surface area contributed by atoms with E-state index in [-0.39, 0.29) is 29.6 Å². The van der Waals surface area contributed by atoms with Crippen LogP contribution in [0.2, 0.25) is 0 Å². The number of carbonyl (C=O) groups is 1. The molecular formula is C16H10F6N2O4. The Labute approximate surface area is 152 Å². The number of rotatable bonds is 4. The molecule has 1 N–H and O–H groups in total. The standard InChI is InChI=1S/C16H10F6N2O4/c1-28-13-7-11(24(26)27)2-3-12(13)23-14(25)8-4-9(15(17,18)19)6-10(5-8)16(20,21)22/h2-7H,1H3,(H,23,25). The third kappa shape index (κ3) is 4.69. The second kappa shape index (κ2) is 7.37. The molecule has 150 valence electrons. The monoisotopic (exact) mass is 408 g/mol. The van der Waals surface area contributed by atoms with Gasteiger partial charge in [-0.1, -0.05) is 0 Å². The summed E-state index contributed by atoms with van der Waals surface area (Å²) >= 11 is 0. The molecule has 2 aromatic carbocycles. The van der Waals surface area contributed by atoms with Crippen LogP contribution in [0.25, 0.3) is 0 Å². The fourth-order valence-corrected chi connectivity index (χ4v) is 2.18. The first-order chi connectivity index (χ1) is 12.8. The van der Waals surface area contributed by atoms with Crippen LogP contribution >= 0.6 is 0 Å². The zero-order chi connectivity index (χ0) is 21.3. The fourth-order valence-electron chi connectivity index (χ4n) is 2.18. The number of methoxy groups -OCH3 is 1. The van der Waals surface area contributed by atoms with Crippen molar-refractivity contribution in [2.75, 3.05) is 12.4 Å². The first kappa shape index (κ1) is 21.0. The van der Waals surface area contributed by atoms with E-state index in [1.54, 1.807) is 0 Å². The van der Waals surface area contributed by atoms with Crippen LogP contribution in [-0.2, 0) is 12.4 Å². The van der Waals surface area contributed by atoms with Crippen LogP contribution in [0.5, 0.6) is 5.75 Å². The highest BCUT2D eigenvalue weighted by atomic mass is 19.4. The largest absolute Gasteiger partial charge is 0.494 e. The summed E-state index contributed by atoms with van der Waals surface area (Å²) in [4.78, 5) is 22.2. The minimum Gasteiger partial charge on any atom is -0.494 e. The molecule has 2 aromatic rings. The molecule has 28 heavy (non-hydrogen) atoms. The summed E-state index contributed by atoms with van der Waals surface area (Å²) in [5, 5.41) is 12.8. The smallest absolute Gasteiger partial charge is 0.416 e. The molecule has 0 atom stereocenters. The topological polar surface area (TPSA) is 81.5 Å². The van der Waals surface area contributed by atoms with Crippen LogP contribution in [0.15, 0.2) is 36.4 Å². The normalized spacial score (nSPS) is 11.8. The summed E-state index contributed by atoms with van der Waals surface area (Å²) < 4.78 is 82.1. The maximum absolute atomic E-state index is 12.9. The number of amides is 1. The number of ether oxygens (including phenoxy) is 1. The number of halogens is 6. The van der Waals surface area contributed by atoms with Crippen LogP contribution in [-0.4, -0.2) is 17.9 Å². The Bertz CT molecular complexity index is 892. The van der Waals surface area contributed by atoms with Crippen LogP contribution in [0.1, 0.15) is 21.5 Å². The molecule has 0 aromatic heterocycles. The molecule has 0 radical (unpaired) electrons. The molecule has 12 heteroatoms. The zero-order valence-electron chi connectivity index (χ0n) is 13.8. The van der Waals surface area contributed by atoms with Crippen molar-refractivity contribution in [2.24, 2.45) is 0 Å². The summed E-state index contributed by atoms with van der Waals surface area (Å²) in [6.45, 7) is 0. The molecule has 0 unspecified atom stereocenters. The Morgan fingerprint density at radius 1 is 1.00 bits per heavy atom. The molecule has 0 aliphatic heterocycles. The number of hydrogen-bond acceptors (Lipinski definition) is 4. The lowest BCUT2D eigenvalue weighted by Crippen LogP contribution is -2.17. The summed E-state index contributed by atoms with van der Waals surface area (Å²) in [5.74, 6) is -1.49. The summed E-state index contributed by atoms with van der Waals surface area (Å²) in [6, 6.07) is 3.37. The summed E-state index contributed by atoms with van der Waals surface area (Å²) in [5.41, 5.74) is -4.77. The van der Waals surface area contributed by atoms with E-state index in [9.17, 15) is 41.3 Å². The minimum atomic E-state index is -5.11. The van der Waals surface area contributed by atoms with Gasteiger partial charge in [0.1, 0.15) is 5.75 Å². The SMILES string of the molecule is COc1cc([N+](=O)[O-])ccc1NC(=O)c1cc(C(F)(F)F)cc(C(F)(F)F)c1. The van der Waals surface area contributed by atoms with Gasteiger partial charge in [-0.2, -0.15) is 26.3 Å². The number of nitro benzene ring substituents is 1. The molecule has 0 heterocycles. The number of hydrogen-bond donors (Lipinski definition) is 1. The van der Waals surface area contributed by atoms with Gasteiger partial charge in [-0.05, 0) is 24.3 Å². The molecular weight excluding hydrogens is 398 g/mol. The predicted molar refractivity (Wildman–Crippen MR) is 84.0 cm³/mol. The molecule has 1 amide bonds. The van der Waals surface area contributed by atoms with Crippen LogP contribution < -0.4 is 10.1 Å². The van der Waals surface area contributed by atoms with Crippen molar-refractivity contribution in [3.05, 3.63) is 63.2 Å². The first-order valence-electron chi connectivity index (χ1n) is 7.26. The van der Waals surface area contributed by atoms with E-state index < -0.39 is 45.6 Å². The quantitative estimate of drug-likeness (QED) is 0.444. The van der Waals surface area contributed by atoms with E-state index in [2.05, 4.69) is 5.32 Å². The van der Waals surface area contributed by atoms with Crippen molar-refractivity contribution < 1.29 is 40.8 Å². The number of nitro groups is 1. The van der Waals surface area contributed by atoms with Gasteiger partial charge >= 0.3 is 12.4 Å². The molecule has 0 fully saturated rings. The number of alkyl halides is 6. The van der Waals surface area contributed by atoms with Gasteiger partial charge in [-0.3, -0.25) is 14.9 Å². The van der Waals surface area contributed by atoms with Crippen molar-refractivity contribution in [3.8, 4) is 5.75 Å². The van der Waals surface area contributed by atoms with Gasteiger partial charge in [-0.15, -0.1) is 0 Å². The highest BCUT2D eigenvalue weighted by Gasteiger charge is 2.37. The maximum Gasteiger partial charge on any atom is 0.416 e. The minimum absolute atomic E-state index is 0.108. The average molecular weight is 408 g/mol. The third-order valence-electron chi connectivity index (χ3n) is 3.49. The number of non-ortho nitro benzene ring substituents is 1. The van der Waals surface area contributed by atoms with Gasteiger partial charge in [0, 0.05) is 11.6 Å². The van der Waals surface area contributed by atoms with E-state index in [1.165, 1.54) is 0 Å². The number of nitrogens with zero attached hydrogens (tertiary/aromatic N) is 1. The maximum atomic E-state index is 12.9. The Morgan fingerprint density at radius 2 is 1.54 bits per heavy atom. The highest BCUT2D eigenvalue weighted by molar-refractivity contribution is 6.05. The number of benzene rings is 2. The third-order valence-corrected chi connectivity index (χ3v) is 3.49. The molecule has 0 saturated carbocycles. The highest BCUT2D eigenvalue weighted by Crippen LogP contribution is 2.37. The number of nitrogens with one attached hydrogen (secondary N) is 1. The number of carbonyl (C=O) groups excluding carboxylic acids is 1. The zero-order valence-corrected chi connectivity index (χ0v) is 13.8. The van der Waals surface area contributed by atoms with Crippen LogP contribution in [0.4, 0.5) is 37.7 Å². The lowest BCUT2D eigenvalue weighted by atomic mass is 10.0. The Balaban J connectivity index is 2.45. The summed E-state index contributed by atoms with van der Waals surface area (Å²) in [7, 11) is 1.11. The molecule has 0 bridgehead atoms. The molecule has 0 aliphatic carbocycles. The Morgan fingerprint density at radius 3 is 1.96 bits per heavy atom. The average Bonchev–Trinajstić information content (AvgIpc) is 2.59. The Hall–Kier alpha value is -3.31. The van der Waals surface area contributed by atoms with Crippen molar-refractivity contribution in [3.63, 3.8) is 0 Å². The van der Waals surface area contributed by atoms with E-state index >= 15 is 0 Å². The van der Waals surface area contributed by atoms with Gasteiger partial charge in [0.2, 0.25) is 0 Å². The lowest BCUT2D eigenvalue weighted by Gasteiger charge is -2.15. The molecule has 6 nitrogen and oxygen atoms in total. The fraction of sp³-hybridized carbons (Fsp3) is 0.188. The first-order valence-corrected chi connectivity index (χ1v) is 7.26. The predicted octanol–water partition coefficient (Wildman–Crippen LogP) is 4.89. The summed E-state index contributed by atoms with van der Waals surface area (Å²) in [6.07, 6.45) is -10.2. The molecule has 0 aliphatic rings. The van der Waals surface area contributed by atoms with E-state index in [4.69, 9.17) is 4.74 Å². The molecule has 0 spiro atoms. The van der Waals surface area contributed by atoms with E-state index in [0.717, 1.165) is 25.3 Å². The van der Waals surface area contributed by atoms with Gasteiger partial charge in [-0.25, -0.2) is 0 Å². The van der Waals surface area contributed by atoms with Gasteiger partial charge < -0.3 is 10.1 Å². The second-order valence-corrected chi connectivity index (χ2v) is 5.39. The molecule has 2 rings (SSSR count). The number of anilines is 1. The van der Waals surface area contributed by atoms with E-state index in [0.29, 0.717) is 0 Å². The van der Waals surface area contributed by atoms with Crippen molar-refractivity contribution in [1.29, 1.82) is 0 Å². The van der Waals surface area contributed by atoms with Gasteiger partial charge in [0.15, 0.2) is 0 Å². The second-order valence-electron chi connectivity index (χ2n) is 5.39. The van der Waals surface area contributed by atoms with Crippen LogP contribution in [0.3, 0.4) is 0 Å².